The molecule has 0 aliphatic rings. The highest BCUT2D eigenvalue weighted by molar-refractivity contribution is 5.48. The first kappa shape index (κ1) is 19.4. The number of carbonyl (C=O) groups excluding carboxylic acids is 1. The molecule has 2 nitrogen and oxygen atoms in total. The van der Waals surface area contributed by atoms with Gasteiger partial charge in [-0.15, -0.1) is 11.8 Å². The van der Waals surface area contributed by atoms with Gasteiger partial charge in [-0.05, 0) is 43.7 Å². The van der Waals surface area contributed by atoms with Crippen molar-refractivity contribution >= 4 is 6.29 Å². The van der Waals surface area contributed by atoms with Crippen molar-refractivity contribution in [3.8, 4) is 11.8 Å². The normalized spacial score (nSPS) is 10.1. The lowest BCUT2D eigenvalue weighted by atomic mass is 10.1. The number of pyridine rings is 1. The van der Waals surface area contributed by atoms with E-state index in [1.54, 1.807) is 0 Å². The molecule has 1 rings (SSSR count). The fourth-order valence-electron chi connectivity index (χ4n) is 2.59. The number of aldehydes is 1. The molecule has 1 aromatic heterocycles. The average molecular weight is 313 g/mol. The average Bonchev–Trinajstić information content (AvgIpc) is 2.59. The lowest BCUT2D eigenvalue weighted by Gasteiger charge is -1.99. The molecule has 23 heavy (non-hydrogen) atoms. The lowest BCUT2D eigenvalue weighted by Crippen LogP contribution is -1.85. The van der Waals surface area contributed by atoms with Crippen LogP contribution in [0.2, 0.25) is 0 Å². The molecule has 1 aromatic rings. The van der Waals surface area contributed by atoms with Crippen LogP contribution in [0.1, 0.15) is 82.6 Å². The molecule has 0 amide bonds. The molecule has 0 aliphatic heterocycles. The van der Waals surface area contributed by atoms with Crippen molar-refractivity contribution < 1.29 is 4.79 Å². The molecule has 0 saturated carbocycles. The summed E-state index contributed by atoms with van der Waals surface area (Å²) in [4.78, 5) is 14.3. The van der Waals surface area contributed by atoms with Crippen molar-refractivity contribution in [2.45, 2.75) is 83.5 Å². The Labute approximate surface area is 142 Å². The molecular weight excluding hydrogens is 282 g/mol. The van der Waals surface area contributed by atoms with Crippen LogP contribution >= 0.6 is 0 Å². The zero-order valence-corrected chi connectivity index (χ0v) is 14.4. The van der Waals surface area contributed by atoms with Crippen LogP contribution in [-0.2, 0) is 11.2 Å². The number of rotatable bonds is 13. The number of hydrogen-bond donors (Lipinski definition) is 0. The molecule has 126 valence electrons. The Kier molecular flexibility index (Phi) is 12.9. The fourth-order valence-corrected chi connectivity index (χ4v) is 2.59. The minimum Gasteiger partial charge on any atom is -0.303 e. The van der Waals surface area contributed by atoms with E-state index in [9.17, 15) is 4.79 Å². The smallest absolute Gasteiger partial charge is 0.119 e. The molecule has 0 spiro atoms. The van der Waals surface area contributed by atoms with Gasteiger partial charge < -0.3 is 4.79 Å². The fraction of sp³-hybridized carbons (Fsp3) is 0.619. The molecule has 0 saturated heterocycles. The van der Waals surface area contributed by atoms with E-state index in [-0.39, 0.29) is 0 Å². The van der Waals surface area contributed by atoms with Gasteiger partial charge in [0.05, 0.1) is 0 Å². The Hall–Kier alpha value is -1.62. The molecule has 0 aromatic carbocycles. The Morgan fingerprint density at radius 2 is 1.52 bits per heavy atom. The number of unbranched alkanes of at least 4 members (excludes halogenated alkanes) is 10. The first-order valence-electron chi connectivity index (χ1n) is 9.22. The molecular formula is C21H31NO. The molecule has 0 radical (unpaired) electrons. The van der Waals surface area contributed by atoms with Gasteiger partial charge in [-0.25, -0.2) is 0 Å². The summed E-state index contributed by atoms with van der Waals surface area (Å²) >= 11 is 0. The summed E-state index contributed by atoms with van der Waals surface area (Å²) in [5, 5.41) is 0. The highest BCUT2D eigenvalue weighted by Crippen LogP contribution is 2.09. The van der Waals surface area contributed by atoms with E-state index in [4.69, 9.17) is 0 Å². The van der Waals surface area contributed by atoms with Crippen molar-refractivity contribution in [1.82, 2.24) is 4.98 Å². The molecule has 0 atom stereocenters. The molecule has 0 N–H and O–H groups in total. The topological polar surface area (TPSA) is 30.0 Å². The van der Waals surface area contributed by atoms with E-state index < -0.39 is 0 Å². The zero-order chi connectivity index (χ0) is 16.4. The van der Waals surface area contributed by atoms with Crippen molar-refractivity contribution in [3.63, 3.8) is 0 Å². The van der Waals surface area contributed by atoms with E-state index in [0.717, 1.165) is 38.4 Å². The van der Waals surface area contributed by atoms with E-state index >= 15 is 0 Å². The largest absolute Gasteiger partial charge is 0.303 e. The maximum Gasteiger partial charge on any atom is 0.119 e. The monoisotopic (exact) mass is 313 g/mol. The Morgan fingerprint density at radius 3 is 2.17 bits per heavy atom. The maximum absolute atomic E-state index is 10.2. The first-order chi connectivity index (χ1) is 11.4. The second-order valence-corrected chi connectivity index (χ2v) is 6.10. The van der Waals surface area contributed by atoms with Crippen molar-refractivity contribution in [2.75, 3.05) is 0 Å². The van der Waals surface area contributed by atoms with Crippen molar-refractivity contribution in [2.24, 2.45) is 0 Å². The van der Waals surface area contributed by atoms with E-state index in [1.807, 2.05) is 18.5 Å². The lowest BCUT2D eigenvalue weighted by molar-refractivity contribution is -0.107. The molecule has 1 heterocycles. The van der Waals surface area contributed by atoms with Crippen LogP contribution in [0, 0.1) is 11.8 Å². The third kappa shape index (κ3) is 12.6. The predicted octanol–water partition coefficient (Wildman–Crippen LogP) is 5.51. The highest BCUT2D eigenvalue weighted by Gasteiger charge is 1.92. The van der Waals surface area contributed by atoms with Gasteiger partial charge in [0, 0.05) is 31.7 Å². The molecule has 0 aliphatic carbocycles. The number of nitrogens with zero attached hydrogens (tertiary/aromatic N) is 1. The Balaban J connectivity index is 1.82. The van der Waals surface area contributed by atoms with Gasteiger partial charge in [0.2, 0.25) is 0 Å². The highest BCUT2D eigenvalue weighted by atomic mass is 16.1. The summed E-state index contributed by atoms with van der Waals surface area (Å²) in [6.07, 6.45) is 19.8. The van der Waals surface area contributed by atoms with Crippen molar-refractivity contribution in [1.29, 1.82) is 0 Å². The Bertz CT molecular complexity index is 444. The van der Waals surface area contributed by atoms with Crippen LogP contribution in [0.25, 0.3) is 0 Å². The minimum absolute atomic E-state index is 0.734. The third-order valence-electron chi connectivity index (χ3n) is 3.99. The van der Waals surface area contributed by atoms with Gasteiger partial charge in [-0.3, -0.25) is 4.98 Å². The van der Waals surface area contributed by atoms with E-state index in [0.29, 0.717) is 0 Å². The first-order valence-corrected chi connectivity index (χ1v) is 9.22. The number of aromatic nitrogens is 1. The van der Waals surface area contributed by atoms with Crippen molar-refractivity contribution in [3.05, 3.63) is 30.1 Å². The van der Waals surface area contributed by atoms with E-state index in [1.165, 1.54) is 56.9 Å². The molecule has 0 fully saturated rings. The minimum atomic E-state index is 0.734. The second-order valence-electron chi connectivity index (χ2n) is 6.10. The predicted molar refractivity (Wildman–Crippen MR) is 97.2 cm³/mol. The number of aryl methyl sites for hydroxylation is 1. The zero-order valence-electron chi connectivity index (χ0n) is 14.4. The van der Waals surface area contributed by atoms with Crippen LogP contribution < -0.4 is 0 Å². The van der Waals surface area contributed by atoms with Crippen LogP contribution in [0.5, 0.6) is 0 Å². The standard InChI is InChI=1S/C21H31NO/c23-19-14-12-10-8-6-4-2-1-3-5-7-9-11-13-16-21-17-15-18-22-20-21/h15,17-20H,1-4,6,8-14,16H2. The van der Waals surface area contributed by atoms with Crippen LogP contribution in [0.15, 0.2) is 24.5 Å². The second kappa shape index (κ2) is 15.3. The van der Waals surface area contributed by atoms with Gasteiger partial charge >= 0.3 is 0 Å². The summed E-state index contributed by atoms with van der Waals surface area (Å²) in [7, 11) is 0. The van der Waals surface area contributed by atoms with Crippen LogP contribution in [0.3, 0.4) is 0 Å². The maximum atomic E-state index is 10.2. The Morgan fingerprint density at radius 1 is 0.870 bits per heavy atom. The summed E-state index contributed by atoms with van der Waals surface area (Å²) in [5.41, 5.74) is 1.33. The number of hydrogen-bond acceptors (Lipinski definition) is 2. The molecule has 0 unspecified atom stereocenters. The van der Waals surface area contributed by atoms with Gasteiger partial charge in [0.25, 0.3) is 0 Å². The quantitative estimate of drug-likeness (QED) is 0.273. The SMILES string of the molecule is O=CCCCCCCCCCC#CCCCCc1cccnc1. The van der Waals surface area contributed by atoms with Gasteiger partial charge in [0.15, 0.2) is 0 Å². The van der Waals surface area contributed by atoms with Gasteiger partial charge in [-0.2, -0.15) is 0 Å². The summed E-state index contributed by atoms with van der Waals surface area (Å²) in [6.45, 7) is 0. The molecule has 0 bridgehead atoms. The summed E-state index contributed by atoms with van der Waals surface area (Å²) < 4.78 is 0. The van der Waals surface area contributed by atoms with Gasteiger partial charge in [0.1, 0.15) is 6.29 Å². The number of carbonyl (C=O) groups is 1. The van der Waals surface area contributed by atoms with Crippen LogP contribution in [-0.4, -0.2) is 11.3 Å². The third-order valence-corrected chi connectivity index (χ3v) is 3.99. The van der Waals surface area contributed by atoms with Gasteiger partial charge in [-0.1, -0.05) is 38.2 Å². The van der Waals surface area contributed by atoms with E-state index in [2.05, 4.69) is 22.9 Å². The van der Waals surface area contributed by atoms with Crippen LogP contribution in [0.4, 0.5) is 0 Å². The summed E-state index contributed by atoms with van der Waals surface area (Å²) in [6, 6.07) is 4.14. The molecule has 2 heteroatoms. The summed E-state index contributed by atoms with van der Waals surface area (Å²) in [5.74, 6) is 6.60.